The summed E-state index contributed by atoms with van der Waals surface area (Å²) in [5.41, 5.74) is 6.94. The molecular formula is C19H25N3O2. The molecule has 2 N–H and O–H groups in total. The zero-order valence-corrected chi connectivity index (χ0v) is 14.0. The lowest BCUT2D eigenvalue weighted by Crippen LogP contribution is -2.53. The quantitative estimate of drug-likeness (QED) is 0.913. The van der Waals surface area contributed by atoms with Crippen molar-refractivity contribution in [2.45, 2.75) is 37.6 Å². The number of nitrogens with zero attached hydrogens (tertiary/aromatic N) is 2. The van der Waals surface area contributed by atoms with Crippen LogP contribution in [0.2, 0.25) is 0 Å². The minimum atomic E-state index is -0.408. The monoisotopic (exact) mass is 327 g/mol. The lowest BCUT2D eigenvalue weighted by molar-refractivity contribution is -0.135. The molecular weight excluding hydrogens is 302 g/mol. The van der Waals surface area contributed by atoms with E-state index in [1.807, 2.05) is 12.1 Å². The van der Waals surface area contributed by atoms with Crippen LogP contribution in [0.25, 0.3) is 0 Å². The average Bonchev–Trinajstić information content (AvgIpc) is 3.34. The van der Waals surface area contributed by atoms with Gasteiger partial charge in [-0.15, -0.1) is 0 Å². The van der Waals surface area contributed by atoms with Gasteiger partial charge in [0.2, 0.25) is 11.8 Å². The van der Waals surface area contributed by atoms with Crippen LogP contribution in [0.15, 0.2) is 24.3 Å². The molecule has 0 radical (unpaired) electrons. The average molecular weight is 327 g/mol. The maximum atomic E-state index is 12.7. The van der Waals surface area contributed by atoms with Gasteiger partial charge in [-0.05, 0) is 42.9 Å². The maximum absolute atomic E-state index is 12.7. The third-order valence-electron chi connectivity index (χ3n) is 5.95. The van der Waals surface area contributed by atoms with E-state index in [0.717, 1.165) is 44.2 Å². The lowest BCUT2D eigenvalue weighted by Gasteiger charge is -2.43. The summed E-state index contributed by atoms with van der Waals surface area (Å²) >= 11 is 0. The summed E-state index contributed by atoms with van der Waals surface area (Å²) in [6, 6.07) is 8.17. The van der Waals surface area contributed by atoms with Crippen molar-refractivity contribution in [2.24, 2.45) is 11.7 Å². The predicted octanol–water partition coefficient (Wildman–Crippen LogP) is 1.59. The standard InChI is InChI=1S/C19H25N3O2/c20-18(23)14-6-4-13(5-7-14)16-12-17(16)19(24)22-10-8-21(9-11-22)15-2-1-3-15/h4-7,15-17H,1-3,8-12H2,(H2,20,23)/t16-,17+/m1/s1. The molecule has 0 aromatic heterocycles. The van der Waals surface area contributed by atoms with Crippen molar-refractivity contribution in [3.8, 4) is 0 Å². The Morgan fingerprint density at radius 3 is 2.21 bits per heavy atom. The number of primary amides is 1. The highest BCUT2D eigenvalue weighted by Crippen LogP contribution is 2.48. The van der Waals surface area contributed by atoms with Crippen LogP contribution in [0, 0.1) is 5.92 Å². The summed E-state index contributed by atoms with van der Waals surface area (Å²) in [4.78, 5) is 28.5. The summed E-state index contributed by atoms with van der Waals surface area (Å²) in [5.74, 6) is 0.338. The number of amides is 2. The fraction of sp³-hybridized carbons (Fsp3) is 0.579. The molecule has 0 spiro atoms. The Hall–Kier alpha value is -1.88. The summed E-state index contributed by atoms with van der Waals surface area (Å²) < 4.78 is 0. The van der Waals surface area contributed by atoms with Gasteiger partial charge in [-0.1, -0.05) is 18.6 Å². The molecule has 0 unspecified atom stereocenters. The van der Waals surface area contributed by atoms with Crippen LogP contribution in [0.1, 0.15) is 47.5 Å². The number of piperazine rings is 1. The third-order valence-corrected chi connectivity index (χ3v) is 5.95. The first-order valence-electron chi connectivity index (χ1n) is 9.06. The molecule has 1 saturated heterocycles. The highest BCUT2D eigenvalue weighted by atomic mass is 16.2. The first-order chi connectivity index (χ1) is 11.6. The molecule has 2 saturated carbocycles. The highest BCUT2D eigenvalue weighted by molar-refractivity contribution is 5.92. The van der Waals surface area contributed by atoms with Crippen LogP contribution in [-0.4, -0.2) is 53.8 Å². The normalized spacial score (nSPS) is 27.6. The second kappa shape index (κ2) is 6.20. The molecule has 2 atom stereocenters. The third kappa shape index (κ3) is 2.93. The van der Waals surface area contributed by atoms with Gasteiger partial charge < -0.3 is 10.6 Å². The predicted molar refractivity (Wildman–Crippen MR) is 91.6 cm³/mol. The van der Waals surface area contributed by atoms with Gasteiger partial charge in [0.05, 0.1) is 0 Å². The van der Waals surface area contributed by atoms with E-state index in [1.165, 1.54) is 19.3 Å². The molecule has 128 valence electrons. The van der Waals surface area contributed by atoms with E-state index >= 15 is 0 Å². The highest BCUT2D eigenvalue weighted by Gasteiger charge is 2.46. The van der Waals surface area contributed by atoms with Crippen LogP contribution in [0.3, 0.4) is 0 Å². The van der Waals surface area contributed by atoms with Crippen molar-refractivity contribution in [3.63, 3.8) is 0 Å². The van der Waals surface area contributed by atoms with Crippen LogP contribution in [0.4, 0.5) is 0 Å². The first-order valence-corrected chi connectivity index (χ1v) is 9.06. The number of hydrogen-bond acceptors (Lipinski definition) is 3. The Labute approximate surface area is 142 Å². The molecule has 4 rings (SSSR count). The van der Waals surface area contributed by atoms with E-state index in [1.54, 1.807) is 12.1 Å². The molecule has 3 fully saturated rings. The minimum absolute atomic E-state index is 0.125. The SMILES string of the molecule is NC(=O)c1ccc([C@H]2C[C@@H]2C(=O)N2CCN(C3CCC3)CC2)cc1. The Morgan fingerprint density at radius 1 is 1.00 bits per heavy atom. The molecule has 2 aliphatic carbocycles. The van der Waals surface area contributed by atoms with Gasteiger partial charge in [0.15, 0.2) is 0 Å². The number of carbonyl (C=O) groups is 2. The van der Waals surface area contributed by atoms with Gasteiger partial charge >= 0.3 is 0 Å². The van der Waals surface area contributed by atoms with Gasteiger partial charge in [-0.3, -0.25) is 14.5 Å². The topological polar surface area (TPSA) is 66.6 Å². The number of rotatable bonds is 4. The molecule has 0 bridgehead atoms. The molecule has 3 aliphatic rings. The Morgan fingerprint density at radius 2 is 1.67 bits per heavy atom. The summed E-state index contributed by atoms with van der Waals surface area (Å²) in [6.07, 6.45) is 4.96. The van der Waals surface area contributed by atoms with Crippen LogP contribution in [-0.2, 0) is 4.79 Å². The molecule has 24 heavy (non-hydrogen) atoms. The van der Waals surface area contributed by atoms with Gasteiger partial charge in [-0.2, -0.15) is 0 Å². The first kappa shape index (κ1) is 15.6. The van der Waals surface area contributed by atoms with Gasteiger partial charge in [0.1, 0.15) is 0 Å². The summed E-state index contributed by atoms with van der Waals surface area (Å²) in [6.45, 7) is 3.81. The zero-order chi connectivity index (χ0) is 16.7. The second-order valence-corrected chi connectivity index (χ2v) is 7.38. The zero-order valence-electron chi connectivity index (χ0n) is 14.0. The molecule has 5 nitrogen and oxygen atoms in total. The molecule has 5 heteroatoms. The van der Waals surface area contributed by atoms with E-state index < -0.39 is 5.91 Å². The second-order valence-electron chi connectivity index (χ2n) is 7.38. The molecule has 1 aromatic rings. The Kier molecular flexibility index (Phi) is 4.04. The number of carbonyl (C=O) groups excluding carboxylic acids is 2. The van der Waals surface area contributed by atoms with Gasteiger partial charge in [-0.25, -0.2) is 0 Å². The van der Waals surface area contributed by atoms with Crippen LogP contribution >= 0.6 is 0 Å². The largest absolute Gasteiger partial charge is 0.366 e. The van der Waals surface area contributed by atoms with Crippen LogP contribution < -0.4 is 5.73 Å². The maximum Gasteiger partial charge on any atom is 0.248 e. The van der Waals surface area contributed by atoms with Crippen molar-refractivity contribution in [3.05, 3.63) is 35.4 Å². The van der Waals surface area contributed by atoms with Gasteiger partial charge in [0, 0.05) is 43.7 Å². The molecule has 1 aliphatic heterocycles. The van der Waals surface area contributed by atoms with Crippen molar-refractivity contribution >= 4 is 11.8 Å². The Bertz CT molecular complexity index is 631. The molecule has 1 aromatic carbocycles. The number of benzene rings is 1. The van der Waals surface area contributed by atoms with E-state index in [-0.39, 0.29) is 5.92 Å². The van der Waals surface area contributed by atoms with Gasteiger partial charge in [0.25, 0.3) is 0 Å². The summed E-state index contributed by atoms with van der Waals surface area (Å²) in [5, 5.41) is 0. The fourth-order valence-corrected chi connectivity index (χ4v) is 4.02. The summed E-state index contributed by atoms with van der Waals surface area (Å²) in [7, 11) is 0. The van der Waals surface area contributed by atoms with E-state index in [0.29, 0.717) is 17.4 Å². The smallest absolute Gasteiger partial charge is 0.248 e. The minimum Gasteiger partial charge on any atom is -0.366 e. The van der Waals surface area contributed by atoms with E-state index in [4.69, 9.17) is 5.73 Å². The van der Waals surface area contributed by atoms with E-state index in [2.05, 4.69) is 9.80 Å². The molecule has 2 amide bonds. The fourth-order valence-electron chi connectivity index (χ4n) is 4.02. The number of nitrogens with two attached hydrogens (primary N) is 1. The van der Waals surface area contributed by atoms with Crippen molar-refractivity contribution in [1.82, 2.24) is 9.80 Å². The van der Waals surface area contributed by atoms with Crippen molar-refractivity contribution in [2.75, 3.05) is 26.2 Å². The molecule has 1 heterocycles. The van der Waals surface area contributed by atoms with Crippen molar-refractivity contribution in [1.29, 1.82) is 0 Å². The Balaban J connectivity index is 1.31. The van der Waals surface area contributed by atoms with E-state index in [9.17, 15) is 9.59 Å². The number of hydrogen-bond donors (Lipinski definition) is 1. The van der Waals surface area contributed by atoms with Crippen molar-refractivity contribution < 1.29 is 9.59 Å². The lowest BCUT2D eigenvalue weighted by atomic mass is 9.91. The van der Waals surface area contributed by atoms with Crippen LogP contribution in [0.5, 0.6) is 0 Å².